The number of methoxy groups -OCH3 is 1. The van der Waals surface area contributed by atoms with Crippen molar-refractivity contribution in [2.75, 3.05) is 19.0 Å². The molecular formula is C12H19N5O. The number of anilines is 1. The van der Waals surface area contributed by atoms with Crippen LogP contribution in [0, 0.1) is 0 Å². The van der Waals surface area contributed by atoms with E-state index in [2.05, 4.69) is 22.3 Å². The summed E-state index contributed by atoms with van der Waals surface area (Å²) in [5.74, 6) is 1.000. The molecule has 0 fully saturated rings. The number of hydrogen-bond acceptors (Lipinski definition) is 4. The zero-order valence-electron chi connectivity index (χ0n) is 11.0. The molecule has 0 aliphatic heterocycles. The summed E-state index contributed by atoms with van der Waals surface area (Å²) in [6, 6.07) is 0.144. The summed E-state index contributed by atoms with van der Waals surface area (Å²) in [5, 5.41) is 7.63. The highest BCUT2D eigenvalue weighted by Gasteiger charge is 2.10. The molecule has 2 heterocycles. The Bertz CT molecular complexity index is 490. The minimum Gasteiger partial charge on any atom is -0.383 e. The van der Waals surface area contributed by atoms with E-state index in [4.69, 9.17) is 4.74 Å². The molecule has 6 nitrogen and oxygen atoms in total. The second-order valence-corrected chi connectivity index (χ2v) is 4.25. The van der Waals surface area contributed by atoms with Crippen molar-refractivity contribution in [3.63, 3.8) is 0 Å². The van der Waals surface area contributed by atoms with E-state index in [0.29, 0.717) is 6.61 Å². The van der Waals surface area contributed by atoms with E-state index in [1.807, 2.05) is 34.9 Å². The molecule has 1 N–H and O–H groups in total. The molecule has 0 saturated heterocycles. The van der Waals surface area contributed by atoms with E-state index in [1.165, 1.54) is 0 Å². The normalized spacial score (nSPS) is 12.6. The van der Waals surface area contributed by atoms with E-state index in [0.717, 1.165) is 18.1 Å². The predicted octanol–water partition coefficient (Wildman–Crippen LogP) is 1.44. The molecule has 2 rings (SSSR count). The molecule has 0 bridgehead atoms. The topological polar surface area (TPSA) is 56.9 Å². The standard InChI is InChI=1S/C12H19N5O/c1-10(12-13-4-5-16(12)2)15-11-8-14-17(9-11)6-7-18-3/h4-5,8-10,15H,6-7H2,1-3H3. The summed E-state index contributed by atoms with van der Waals surface area (Å²) in [7, 11) is 3.67. The Kier molecular flexibility index (Phi) is 3.99. The van der Waals surface area contributed by atoms with Crippen molar-refractivity contribution in [1.29, 1.82) is 0 Å². The van der Waals surface area contributed by atoms with Crippen LogP contribution in [-0.4, -0.2) is 33.0 Å². The Morgan fingerprint density at radius 3 is 3.00 bits per heavy atom. The molecular weight excluding hydrogens is 230 g/mol. The molecule has 0 spiro atoms. The molecule has 0 aliphatic rings. The molecule has 0 saturated carbocycles. The average molecular weight is 249 g/mol. The van der Waals surface area contributed by atoms with Gasteiger partial charge in [0.2, 0.25) is 0 Å². The van der Waals surface area contributed by atoms with Gasteiger partial charge < -0.3 is 14.6 Å². The number of nitrogens with zero attached hydrogens (tertiary/aromatic N) is 4. The smallest absolute Gasteiger partial charge is 0.130 e. The van der Waals surface area contributed by atoms with Gasteiger partial charge in [0.25, 0.3) is 0 Å². The van der Waals surface area contributed by atoms with Crippen molar-refractivity contribution in [1.82, 2.24) is 19.3 Å². The van der Waals surface area contributed by atoms with Gasteiger partial charge in [-0.2, -0.15) is 5.10 Å². The fourth-order valence-corrected chi connectivity index (χ4v) is 1.85. The minimum atomic E-state index is 0.144. The summed E-state index contributed by atoms with van der Waals surface area (Å²) in [6.07, 6.45) is 7.53. The number of nitrogens with one attached hydrogen (secondary N) is 1. The first-order valence-electron chi connectivity index (χ1n) is 5.96. The first kappa shape index (κ1) is 12.6. The van der Waals surface area contributed by atoms with Crippen molar-refractivity contribution in [2.24, 2.45) is 7.05 Å². The largest absolute Gasteiger partial charge is 0.383 e. The van der Waals surface area contributed by atoms with Gasteiger partial charge in [-0.25, -0.2) is 4.98 Å². The zero-order chi connectivity index (χ0) is 13.0. The lowest BCUT2D eigenvalue weighted by Gasteiger charge is -2.13. The lowest BCUT2D eigenvalue weighted by molar-refractivity contribution is 0.183. The third-order valence-corrected chi connectivity index (χ3v) is 2.79. The maximum Gasteiger partial charge on any atom is 0.130 e. The van der Waals surface area contributed by atoms with Gasteiger partial charge in [-0.05, 0) is 6.92 Å². The predicted molar refractivity (Wildman–Crippen MR) is 69.3 cm³/mol. The van der Waals surface area contributed by atoms with Crippen molar-refractivity contribution in [2.45, 2.75) is 19.5 Å². The first-order chi connectivity index (χ1) is 8.70. The fourth-order valence-electron chi connectivity index (χ4n) is 1.85. The maximum absolute atomic E-state index is 5.02. The van der Waals surface area contributed by atoms with Gasteiger partial charge in [0.1, 0.15) is 5.82 Å². The Labute approximate surface area is 107 Å². The van der Waals surface area contributed by atoms with Crippen LogP contribution >= 0.6 is 0 Å². The summed E-state index contributed by atoms with van der Waals surface area (Å²) >= 11 is 0. The van der Waals surface area contributed by atoms with E-state index in [9.17, 15) is 0 Å². The number of hydrogen-bond donors (Lipinski definition) is 1. The molecule has 2 aromatic rings. The number of imidazole rings is 1. The summed E-state index contributed by atoms with van der Waals surface area (Å²) in [6.45, 7) is 3.50. The molecule has 0 radical (unpaired) electrons. The number of aromatic nitrogens is 4. The van der Waals surface area contributed by atoms with Gasteiger partial charge in [-0.3, -0.25) is 4.68 Å². The second kappa shape index (κ2) is 5.68. The zero-order valence-corrected chi connectivity index (χ0v) is 11.0. The summed E-state index contributed by atoms with van der Waals surface area (Å²) < 4.78 is 8.88. The Balaban J connectivity index is 1.97. The Hall–Kier alpha value is -1.82. The van der Waals surface area contributed by atoms with Gasteiger partial charge in [0, 0.05) is 32.7 Å². The van der Waals surface area contributed by atoms with Gasteiger partial charge in [-0.1, -0.05) is 0 Å². The van der Waals surface area contributed by atoms with Crippen LogP contribution in [0.15, 0.2) is 24.8 Å². The minimum absolute atomic E-state index is 0.144. The van der Waals surface area contributed by atoms with Crippen LogP contribution in [0.4, 0.5) is 5.69 Å². The molecule has 0 aromatic carbocycles. The lowest BCUT2D eigenvalue weighted by Crippen LogP contribution is -2.11. The van der Waals surface area contributed by atoms with Crippen LogP contribution in [0.2, 0.25) is 0 Å². The molecule has 0 amide bonds. The third kappa shape index (κ3) is 2.89. The van der Waals surface area contributed by atoms with Gasteiger partial charge in [0.15, 0.2) is 0 Å². The molecule has 6 heteroatoms. The number of rotatable bonds is 6. The second-order valence-electron chi connectivity index (χ2n) is 4.25. The molecule has 18 heavy (non-hydrogen) atoms. The molecule has 98 valence electrons. The number of aryl methyl sites for hydroxylation is 1. The first-order valence-corrected chi connectivity index (χ1v) is 5.96. The maximum atomic E-state index is 5.02. The van der Waals surface area contributed by atoms with Crippen LogP contribution in [0.3, 0.4) is 0 Å². The van der Waals surface area contributed by atoms with Gasteiger partial charge in [-0.15, -0.1) is 0 Å². The van der Waals surface area contributed by atoms with E-state index in [-0.39, 0.29) is 6.04 Å². The molecule has 1 atom stereocenters. The van der Waals surface area contributed by atoms with E-state index < -0.39 is 0 Å². The SMILES string of the molecule is COCCn1cc(NC(C)c2nccn2C)cn1. The Morgan fingerprint density at radius 2 is 2.33 bits per heavy atom. The van der Waals surface area contributed by atoms with Crippen LogP contribution < -0.4 is 5.32 Å². The van der Waals surface area contributed by atoms with Crippen LogP contribution in [0.5, 0.6) is 0 Å². The van der Waals surface area contributed by atoms with Crippen molar-refractivity contribution < 1.29 is 4.74 Å². The summed E-state index contributed by atoms with van der Waals surface area (Å²) in [5.41, 5.74) is 0.988. The van der Waals surface area contributed by atoms with Crippen molar-refractivity contribution in [3.05, 3.63) is 30.6 Å². The van der Waals surface area contributed by atoms with Gasteiger partial charge in [0.05, 0.1) is 31.1 Å². The number of ether oxygens (including phenoxy) is 1. The highest BCUT2D eigenvalue weighted by atomic mass is 16.5. The average Bonchev–Trinajstić information content (AvgIpc) is 2.95. The molecule has 2 aromatic heterocycles. The Morgan fingerprint density at radius 1 is 1.50 bits per heavy atom. The van der Waals surface area contributed by atoms with E-state index >= 15 is 0 Å². The highest BCUT2D eigenvalue weighted by Crippen LogP contribution is 2.16. The van der Waals surface area contributed by atoms with Crippen LogP contribution in [0.25, 0.3) is 0 Å². The quantitative estimate of drug-likeness (QED) is 0.841. The van der Waals surface area contributed by atoms with Crippen molar-refractivity contribution >= 4 is 5.69 Å². The monoisotopic (exact) mass is 249 g/mol. The fraction of sp³-hybridized carbons (Fsp3) is 0.500. The van der Waals surface area contributed by atoms with E-state index in [1.54, 1.807) is 13.3 Å². The van der Waals surface area contributed by atoms with Crippen molar-refractivity contribution in [3.8, 4) is 0 Å². The summed E-state index contributed by atoms with van der Waals surface area (Å²) in [4.78, 5) is 4.32. The molecule has 1 unspecified atom stereocenters. The lowest BCUT2D eigenvalue weighted by atomic mass is 10.3. The van der Waals surface area contributed by atoms with Gasteiger partial charge >= 0.3 is 0 Å². The third-order valence-electron chi connectivity index (χ3n) is 2.79. The van der Waals surface area contributed by atoms with Crippen LogP contribution in [0.1, 0.15) is 18.8 Å². The highest BCUT2D eigenvalue weighted by molar-refractivity contribution is 5.40. The van der Waals surface area contributed by atoms with Crippen LogP contribution in [-0.2, 0) is 18.3 Å². The molecule has 0 aliphatic carbocycles.